The van der Waals surface area contributed by atoms with Crippen molar-refractivity contribution >= 4 is 17.9 Å². The molecule has 0 bridgehead atoms. The second-order valence-corrected chi connectivity index (χ2v) is 17.6. The van der Waals surface area contributed by atoms with Crippen LogP contribution in [0.5, 0.6) is 0 Å². The summed E-state index contributed by atoms with van der Waals surface area (Å²) in [6, 6.07) is 0. The Kier molecular flexibility index (Phi) is 50.0. The number of carbonyl (C=O) groups is 3. The number of carbonyl (C=O) groups excluding carboxylic acids is 3. The molecule has 0 aliphatic rings. The highest BCUT2D eigenvalue weighted by molar-refractivity contribution is 5.71. The van der Waals surface area contributed by atoms with Crippen LogP contribution in [0.25, 0.3) is 0 Å². The fourth-order valence-corrected chi connectivity index (χ4v) is 7.24. The molecule has 370 valence electrons. The average Bonchev–Trinajstić information content (AvgIpc) is 3.30. The molecule has 65 heavy (non-hydrogen) atoms. The summed E-state index contributed by atoms with van der Waals surface area (Å²) >= 11 is 0. The van der Waals surface area contributed by atoms with Crippen LogP contribution in [0.1, 0.15) is 239 Å². The van der Waals surface area contributed by atoms with Gasteiger partial charge in [0.1, 0.15) is 13.2 Å². The molecule has 0 saturated heterocycles. The first-order valence-electron chi connectivity index (χ1n) is 26.8. The summed E-state index contributed by atoms with van der Waals surface area (Å²) in [5.74, 6) is -0.948. The summed E-state index contributed by atoms with van der Waals surface area (Å²) in [5.41, 5.74) is 0. The topological polar surface area (TPSA) is 78.9 Å². The van der Waals surface area contributed by atoms with Gasteiger partial charge < -0.3 is 14.2 Å². The van der Waals surface area contributed by atoms with E-state index >= 15 is 0 Å². The molecule has 0 amide bonds. The number of hydrogen-bond acceptors (Lipinski definition) is 6. The van der Waals surface area contributed by atoms with Crippen molar-refractivity contribution in [3.8, 4) is 0 Å². The van der Waals surface area contributed by atoms with Crippen LogP contribution < -0.4 is 0 Å². The lowest BCUT2D eigenvalue weighted by Gasteiger charge is -2.18. The van der Waals surface area contributed by atoms with Crippen molar-refractivity contribution in [2.45, 2.75) is 245 Å². The van der Waals surface area contributed by atoms with E-state index in [1.54, 1.807) is 0 Å². The standard InChI is InChI=1S/C59H98O6/c1-4-7-10-13-16-19-21-23-25-27-29-31-33-35-37-40-43-46-49-52-58(61)64-55-56(54-63-57(60)51-48-45-42-39-18-15-12-9-6-3)65-59(62)53-50-47-44-41-38-36-34-32-30-28-26-24-22-20-17-14-11-8-5-2/h7,10,13,16,19,21,23,25,27-31,33,35,37,56H,4-6,8-9,11-12,14-15,17-18,20,22,24,26,32,34,36,38-55H2,1-3H3/b10-7-,16-13-,21-19-,25-23-,29-27+,30-28-,33-31-,37-35-. The Bertz CT molecular complexity index is 1310. The van der Waals surface area contributed by atoms with Crippen molar-refractivity contribution in [3.05, 3.63) is 97.2 Å². The smallest absolute Gasteiger partial charge is 0.306 e. The summed E-state index contributed by atoms with van der Waals surface area (Å²) < 4.78 is 16.8. The van der Waals surface area contributed by atoms with E-state index in [2.05, 4.69) is 45.1 Å². The zero-order valence-electron chi connectivity index (χ0n) is 42.2. The molecular formula is C59H98O6. The lowest BCUT2D eigenvalue weighted by atomic mass is 10.1. The van der Waals surface area contributed by atoms with Crippen LogP contribution in [-0.4, -0.2) is 37.2 Å². The Hall–Kier alpha value is -3.67. The Labute approximate surface area is 400 Å². The molecule has 6 nitrogen and oxygen atoms in total. The fraction of sp³-hybridized carbons (Fsp3) is 0.678. The largest absolute Gasteiger partial charge is 0.462 e. The second-order valence-electron chi connectivity index (χ2n) is 17.6. The lowest BCUT2D eigenvalue weighted by molar-refractivity contribution is -0.167. The van der Waals surface area contributed by atoms with Crippen LogP contribution in [-0.2, 0) is 28.6 Å². The van der Waals surface area contributed by atoms with Gasteiger partial charge in [-0.2, -0.15) is 0 Å². The molecule has 0 saturated carbocycles. The van der Waals surface area contributed by atoms with Crippen LogP contribution in [0.15, 0.2) is 97.2 Å². The molecule has 1 atom stereocenters. The molecule has 0 N–H and O–H groups in total. The molecule has 6 heteroatoms. The predicted octanol–water partition coefficient (Wildman–Crippen LogP) is 17.8. The first-order chi connectivity index (χ1) is 32.0. The molecule has 1 unspecified atom stereocenters. The fourth-order valence-electron chi connectivity index (χ4n) is 7.24. The monoisotopic (exact) mass is 903 g/mol. The number of ether oxygens (including phenoxy) is 3. The van der Waals surface area contributed by atoms with Gasteiger partial charge in [0.15, 0.2) is 6.10 Å². The van der Waals surface area contributed by atoms with Crippen molar-refractivity contribution in [1.29, 1.82) is 0 Å². The highest BCUT2D eigenvalue weighted by atomic mass is 16.6. The highest BCUT2D eigenvalue weighted by Gasteiger charge is 2.19. The number of unbranched alkanes of at least 4 members (excludes halogenated alkanes) is 26. The Morgan fingerprint density at radius 3 is 1.00 bits per heavy atom. The number of rotatable bonds is 47. The highest BCUT2D eigenvalue weighted by Crippen LogP contribution is 2.15. The number of allylic oxidation sites excluding steroid dienone is 16. The SMILES string of the molecule is CC\C=C/C=C\C=C/C=C\C=C\C=C/C=C\CCCCCC(=O)OCC(COC(=O)CCCCCCCCCCC)OC(=O)CCCCCCCCC/C=C\CCCCCCCCCC. The molecule has 0 aromatic heterocycles. The van der Waals surface area contributed by atoms with Gasteiger partial charge in [0, 0.05) is 19.3 Å². The Morgan fingerprint density at radius 1 is 0.323 bits per heavy atom. The first-order valence-corrected chi connectivity index (χ1v) is 26.8. The summed E-state index contributed by atoms with van der Waals surface area (Å²) in [5, 5.41) is 0. The maximum Gasteiger partial charge on any atom is 0.306 e. The van der Waals surface area contributed by atoms with Gasteiger partial charge in [-0.05, 0) is 64.2 Å². The number of esters is 3. The zero-order valence-corrected chi connectivity index (χ0v) is 42.2. The summed E-state index contributed by atoms with van der Waals surface area (Å²) in [4.78, 5) is 38.0. The molecule has 0 aromatic rings. The van der Waals surface area contributed by atoms with Crippen LogP contribution in [0, 0.1) is 0 Å². The van der Waals surface area contributed by atoms with Gasteiger partial charge in [0.25, 0.3) is 0 Å². The van der Waals surface area contributed by atoms with E-state index in [0.717, 1.165) is 70.6 Å². The summed E-state index contributed by atoms with van der Waals surface area (Å²) in [7, 11) is 0. The lowest BCUT2D eigenvalue weighted by Crippen LogP contribution is -2.30. The molecular weight excluding hydrogens is 805 g/mol. The van der Waals surface area contributed by atoms with E-state index in [4.69, 9.17) is 14.2 Å². The third-order valence-corrected chi connectivity index (χ3v) is 11.3. The molecule has 0 heterocycles. The van der Waals surface area contributed by atoms with E-state index in [0.29, 0.717) is 19.3 Å². The van der Waals surface area contributed by atoms with Crippen molar-refractivity contribution in [3.63, 3.8) is 0 Å². The Balaban J connectivity index is 4.42. The number of hydrogen-bond donors (Lipinski definition) is 0. The molecule has 0 aliphatic carbocycles. The van der Waals surface area contributed by atoms with E-state index in [1.165, 1.54) is 128 Å². The van der Waals surface area contributed by atoms with E-state index < -0.39 is 6.10 Å². The molecule has 0 fully saturated rings. The van der Waals surface area contributed by atoms with Gasteiger partial charge in [0.2, 0.25) is 0 Å². The summed E-state index contributed by atoms with van der Waals surface area (Å²) in [6.45, 7) is 6.43. The maximum atomic E-state index is 12.8. The molecule has 0 radical (unpaired) electrons. The minimum Gasteiger partial charge on any atom is -0.462 e. The van der Waals surface area contributed by atoms with Crippen LogP contribution in [0.2, 0.25) is 0 Å². The zero-order chi connectivity index (χ0) is 47.2. The molecule has 0 rings (SSSR count). The van der Waals surface area contributed by atoms with Gasteiger partial charge in [0.05, 0.1) is 0 Å². The van der Waals surface area contributed by atoms with Gasteiger partial charge in [-0.3, -0.25) is 14.4 Å². The van der Waals surface area contributed by atoms with Crippen LogP contribution in [0.3, 0.4) is 0 Å². The third-order valence-electron chi connectivity index (χ3n) is 11.3. The third kappa shape index (κ3) is 51.2. The van der Waals surface area contributed by atoms with Gasteiger partial charge in [-0.1, -0.05) is 253 Å². The van der Waals surface area contributed by atoms with Crippen molar-refractivity contribution in [1.82, 2.24) is 0 Å². The minimum atomic E-state index is -0.797. The maximum absolute atomic E-state index is 12.8. The van der Waals surface area contributed by atoms with Crippen LogP contribution in [0.4, 0.5) is 0 Å². The molecule has 0 spiro atoms. The summed E-state index contributed by atoms with van der Waals surface area (Å²) in [6.07, 6.45) is 69.6. The van der Waals surface area contributed by atoms with Crippen molar-refractivity contribution in [2.75, 3.05) is 13.2 Å². The second kappa shape index (κ2) is 52.9. The van der Waals surface area contributed by atoms with Crippen molar-refractivity contribution < 1.29 is 28.6 Å². The van der Waals surface area contributed by atoms with E-state index in [-0.39, 0.29) is 31.1 Å². The first kappa shape index (κ1) is 61.3. The predicted molar refractivity (Wildman–Crippen MR) is 279 cm³/mol. The minimum absolute atomic E-state index is 0.0937. The Morgan fingerprint density at radius 2 is 0.615 bits per heavy atom. The quantitative estimate of drug-likeness (QED) is 0.0199. The van der Waals surface area contributed by atoms with E-state index in [1.807, 2.05) is 72.9 Å². The van der Waals surface area contributed by atoms with Gasteiger partial charge in [-0.15, -0.1) is 0 Å². The molecule has 0 aliphatic heterocycles. The van der Waals surface area contributed by atoms with Gasteiger partial charge in [-0.25, -0.2) is 0 Å². The average molecular weight is 903 g/mol. The normalized spacial score (nSPS) is 12.8. The molecule has 0 aromatic carbocycles. The van der Waals surface area contributed by atoms with Crippen molar-refractivity contribution in [2.24, 2.45) is 0 Å². The van der Waals surface area contributed by atoms with Crippen LogP contribution >= 0.6 is 0 Å². The van der Waals surface area contributed by atoms with E-state index in [9.17, 15) is 14.4 Å². The van der Waals surface area contributed by atoms with Gasteiger partial charge >= 0.3 is 17.9 Å².